The molecule has 2 aliphatic heterocycles. The molecule has 0 bridgehead atoms. The van der Waals surface area contributed by atoms with E-state index in [1.54, 1.807) is 6.92 Å². The molecule has 0 unspecified atom stereocenters. The summed E-state index contributed by atoms with van der Waals surface area (Å²) in [4.78, 5) is 30.2. The van der Waals surface area contributed by atoms with E-state index < -0.39 is 5.54 Å². The van der Waals surface area contributed by atoms with Crippen LogP contribution < -0.4 is 10.1 Å². The summed E-state index contributed by atoms with van der Waals surface area (Å²) in [5.41, 5.74) is 1.41. The Hall–Kier alpha value is -3.34. The maximum Gasteiger partial charge on any atom is 0.325 e. The number of nitrogens with one attached hydrogen (secondary N) is 1. The molecule has 7 nitrogen and oxygen atoms in total. The largest absolute Gasteiger partial charge is 0.491 e. The van der Waals surface area contributed by atoms with Crippen LogP contribution in [0.4, 0.5) is 4.79 Å². The van der Waals surface area contributed by atoms with E-state index in [0.29, 0.717) is 6.42 Å². The molecule has 190 valence electrons. The predicted molar refractivity (Wildman–Crippen MR) is 138 cm³/mol. The number of aryl methyl sites for hydroxylation is 1. The van der Waals surface area contributed by atoms with E-state index in [2.05, 4.69) is 40.3 Å². The molecule has 4 rings (SSSR count). The third kappa shape index (κ3) is 5.89. The van der Waals surface area contributed by atoms with Gasteiger partial charge in [0.25, 0.3) is 5.91 Å². The zero-order valence-corrected chi connectivity index (χ0v) is 20.9. The normalized spacial score (nSPS) is 20.7. The van der Waals surface area contributed by atoms with Crippen molar-refractivity contribution in [2.24, 2.45) is 5.92 Å². The number of rotatable bonds is 10. The number of carbonyl (C=O) groups is 2. The van der Waals surface area contributed by atoms with Crippen molar-refractivity contribution in [1.82, 2.24) is 15.1 Å². The number of aliphatic hydroxyl groups excluding tert-OH is 1. The second kappa shape index (κ2) is 12.1. The molecule has 2 heterocycles. The molecule has 2 aromatic rings. The van der Waals surface area contributed by atoms with Crippen molar-refractivity contribution in [2.75, 3.05) is 32.8 Å². The van der Waals surface area contributed by atoms with E-state index in [9.17, 15) is 9.59 Å². The number of piperidine rings is 1. The minimum atomic E-state index is -0.896. The molecule has 3 amide bonds. The number of ether oxygens (including phenoxy) is 1. The highest BCUT2D eigenvalue weighted by molar-refractivity contribution is 6.07. The quantitative estimate of drug-likeness (QED) is 0.396. The van der Waals surface area contributed by atoms with Crippen molar-refractivity contribution in [2.45, 2.75) is 44.7 Å². The monoisotopic (exact) mass is 489 g/mol. The van der Waals surface area contributed by atoms with E-state index in [0.717, 1.165) is 55.8 Å². The highest BCUT2D eigenvalue weighted by Gasteiger charge is 2.55. The predicted octanol–water partition coefficient (Wildman–Crippen LogP) is 3.22. The van der Waals surface area contributed by atoms with Crippen molar-refractivity contribution in [3.63, 3.8) is 0 Å². The molecule has 0 spiro atoms. The Morgan fingerprint density at radius 2 is 1.83 bits per heavy atom. The van der Waals surface area contributed by atoms with Crippen molar-refractivity contribution >= 4 is 11.9 Å². The second-order valence-electron chi connectivity index (χ2n) is 9.48. The molecule has 2 N–H and O–H groups in total. The summed E-state index contributed by atoms with van der Waals surface area (Å²) in [7, 11) is 0. The molecule has 2 aromatic carbocycles. The summed E-state index contributed by atoms with van der Waals surface area (Å²) in [6.07, 6.45) is 2.96. The van der Waals surface area contributed by atoms with Crippen LogP contribution in [0, 0.1) is 17.8 Å². The van der Waals surface area contributed by atoms with E-state index in [1.807, 2.05) is 36.4 Å². The zero-order chi connectivity index (χ0) is 25.4. The standard InChI is InChI=1S/C29H35N3O4/c1-2-3-16-32-27(34)29(30-28(32)35,15-12-23-8-5-4-6-9-23)25-13-17-31(18-14-25)22-24-10-7-11-26(21-24)36-20-19-33/h4-11,21,25,33H,12-20,22H2,1H3,(H,30,35)/t29-/m1/s1. The summed E-state index contributed by atoms with van der Waals surface area (Å²) >= 11 is 0. The highest BCUT2D eigenvalue weighted by atomic mass is 16.5. The van der Waals surface area contributed by atoms with Crippen molar-refractivity contribution in [3.05, 3.63) is 65.7 Å². The van der Waals surface area contributed by atoms with Gasteiger partial charge in [-0.1, -0.05) is 48.4 Å². The second-order valence-corrected chi connectivity index (χ2v) is 9.48. The van der Waals surface area contributed by atoms with Crippen LogP contribution in [0.1, 0.15) is 37.3 Å². The highest BCUT2D eigenvalue weighted by Crippen LogP contribution is 2.37. The van der Waals surface area contributed by atoms with Crippen LogP contribution >= 0.6 is 0 Å². The number of imide groups is 1. The maximum absolute atomic E-state index is 13.7. The number of nitrogens with zero attached hydrogens (tertiary/aromatic N) is 2. The van der Waals surface area contributed by atoms with Gasteiger partial charge >= 0.3 is 6.03 Å². The maximum atomic E-state index is 13.7. The van der Waals surface area contributed by atoms with Crippen LogP contribution in [0.15, 0.2) is 54.6 Å². The van der Waals surface area contributed by atoms with Crippen molar-refractivity contribution < 1.29 is 19.4 Å². The summed E-state index contributed by atoms with van der Waals surface area (Å²) in [5, 5.41) is 12.1. The molecule has 1 atom stereocenters. The van der Waals surface area contributed by atoms with Crippen molar-refractivity contribution in [3.8, 4) is 17.6 Å². The topological polar surface area (TPSA) is 82.1 Å². The fraction of sp³-hybridized carbons (Fsp3) is 0.448. The first-order valence-corrected chi connectivity index (χ1v) is 12.7. The van der Waals surface area contributed by atoms with Crippen LogP contribution in [0.5, 0.6) is 5.75 Å². The fourth-order valence-corrected chi connectivity index (χ4v) is 5.32. The van der Waals surface area contributed by atoms with Gasteiger partial charge in [0.1, 0.15) is 17.9 Å². The van der Waals surface area contributed by atoms with Gasteiger partial charge in [-0.25, -0.2) is 4.79 Å². The minimum absolute atomic E-state index is 0.0124. The molecule has 2 saturated heterocycles. The number of aliphatic hydroxyl groups is 1. The first-order valence-electron chi connectivity index (χ1n) is 12.7. The van der Waals surface area contributed by atoms with E-state index in [4.69, 9.17) is 9.84 Å². The van der Waals surface area contributed by atoms with Gasteiger partial charge in [-0.2, -0.15) is 0 Å². The minimum Gasteiger partial charge on any atom is -0.491 e. The van der Waals surface area contributed by atoms with E-state index >= 15 is 0 Å². The van der Waals surface area contributed by atoms with Gasteiger partial charge in [-0.15, -0.1) is 5.92 Å². The van der Waals surface area contributed by atoms with Crippen LogP contribution in [0.3, 0.4) is 0 Å². The first-order chi connectivity index (χ1) is 17.6. The number of hydrogen-bond donors (Lipinski definition) is 2. The zero-order valence-electron chi connectivity index (χ0n) is 20.9. The van der Waals surface area contributed by atoms with Gasteiger partial charge in [0.05, 0.1) is 13.2 Å². The molecular formula is C29H35N3O4. The molecule has 2 aliphatic rings. The smallest absolute Gasteiger partial charge is 0.325 e. The lowest BCUT2D eigenvalue weighted by Gasteiger charge is -2.41. The number of amides is 3. The molecule has 0 radical (unpaired) electrons. The molecule has 36 heavy (non-hydrogen) atoms. The van der Waals surface area contributed by atoms with Gasteiger partial charge in [-0.3, -0.25) is 14.6 Å². The van der Waals surface area contributed by atoms with Gasteiger partial charge in [0.2, 0.25) is 0 Å². The fourth-order valence-electron chi connectivity index (χ4n) is 5.32. The Bertz CT molecular complexity index is 1100. The van der Waals surface area contributed by atoms with E-state index in [-0.39, 0.29) is 37.6 Å². The average Bonchev–Trinajstić information content (AvgIpc) is 3.15. The molecule has 0 saturated carbocycles. The number of benzene rings is 2. The lowest BCUT2D eigenvalue weighted by atomic mass is 9.74. The number of carbonyl (C=O) groups excluding carboxylic acids is 2. The lowest BCUT2D eigenvalue weighted by Crippen LogP contribution is -2.56. The van der Waals surface area contributed by atoms with Gasteiger partial charge < -0.3 is 15.2 Å². The number of likely N-dealkylation sites (tertiary alicyclic amines) is 1. The van der Waals surface area contributed by atoms with Gasteiger partial charge in [0, 0.05) is 6.54 Å². The van der Waals surface area contributed by atoms with Gasteiger partial charge in [-0.05, 0) is 74.9 Å². The summed E-state index contributed by atoms with van der Waals surface area (Å²) in [6.45, 7) is 4.59. The van der Waals surface area contributed by atoms with Crippen LogP contribution in [0.2, 0.25) is 0 Å². The van der Waals surface area contributed by atoms with Crippen LogP contribution in [-0.2, 0) is 17.8 Å². The third-order valence-electron chi connectivity index (χ3n) is 7.22. The number of urea groups is 1. The average molecular weight is 490 g/mol. The van der Waals surface area contributed by atoms with Crippen LogP contribution in [0.25, 0.3) is 0 Å². The van der Waals surface area contributed by atoms with Crippen molar-refractivity contribution in [1.29, 1.82) is 0 Å². The molecule has 0 aromatic heterocycles. The Morgan fingerprint density at radius 3 is 2.56 bits per heavy atom. The Labute approximate surface area is 213 Å². The molecule has 0 aliphatic carbocycles. The Morgan fingerprint density at radius 1 is 1.08 bits per heavy atom. The summed E-state index contributed by atoms with van der Waals surface area (Å²) in [6, 6.07) is 17.7. The van der Waals surface area contributed by atoms with Gasteiger partial charge in [0.15, 0.2) is 0 Å². The lowest BCUT2D eigenvalue weighted by molar-refractivity contribution is -0.134. The first kappa shape index (κ1) is 25.7. The third-order valence-corrected chi connectivity index (χ3v) is 7.22. The molecular weight excluding hydrogens is 454 g/mol. The Kier molecular flexibility index (Phi) is 8.63. The Balaban J connectivity index is 1.45. The SMILES string of the molecule is CC#CCN1C(=O)N[C@](CCc2ccccc2)(C2CCN(Cc3cccc(OCCO)c3)CC2)C1=O. The van der Waals surface area contributed by atoms with Crippen LogP contribution in [-0.4, -0.2) is 65.2 Å². The molecule has 7 heteroatoms. The van der Waals surface area contributed by atoms with E-state index in [1.165, 1.54) is 4.90 Å². The molecule has 2 fully saturated rings. The number of hydrogen-bond acceptors (Lipinski definition) is 5. The summed E-state index contributed by atoms with van der Waals surface area (Å²) in [5.74, 6) is 6.35. The summed E-state index contributed by atoms with van der Waals surface area (Å²) < 4.78 is 5.55.